The van der Waals surface area contributed by atoms with Gasteiger partial charge in [-0.15, -0.1) is 11.8 Å². The Morgan fingerprint density at radius 3 is 2.31 bits per heavy atom. The molecule has 2 heterocycles. The van der Waals surface area contributed by atoms with E-state index in [1.165, 1.54) is 18.0 Å². The van der Waals surface area contributed by atoms with Crippen LogP contribution in [0.15, 0.2) is 132 Å². The van der Waals surface area contributed by atoms with Crippen molar-refractivity contribution in [2.75, 3.05) is 5.75 Å². The molecule has 1 aromatic heterocycles. The summed E-state index contributed by atoms with van der Waals surface area (Å²) in [5.74, 6) is -0.706. The van der Waals surface area contributed by atoms with Crippen molar-refractivity contribution >= 4 is 34.7 Å². The molecule has 1 amide bonds. The van der Waals surface area contributed by atoms with Gasteiger partial charge in [0.25, 0.3) is 5.91 Å². The van der Waals surface area contributed by atoms with Gasteiger partial charge in [-0.2, -0.15) is 0 Å². The molecule has 0 unspecified atom stereocenters. The highest BCUT2D eigenvalue weighted by atomic mass is 32.2. The number of hydrogen-bond acceptors (Lipinski definition) is 8. The average molecular weight is 698 g/mol. The predicted molar refractivity (Wildman–Crippen MR) is 195 cm³/mol. The zero-order chi connectivity index (χ0) is 35.2. The number of rotatable bonds is 11. The molecule has 9 nitrogen and oxygen atoms in total. The van der Waals surface area contributed by atoms with Gasteiger partial charge in [0.2, 0.25) is 0 Å². The van der Waals surface area contributed by atoms with E-state index in [-0.39, 0.29) is 36.0 Å². The second-order valence-electron chi connectivity index (χ2n) is 12.2. The molecule has 6 aromatic rings. The maximum Gasteiger partial charge on any atom is 0.336 e. The molecule has 0 aliphatic carbocycles. The van der Waals surface area contributed by atoms with E-state index in [0.29, 0.717) is 29.1 Å². The molecule has 3 atom stereocenters. The van der Waals surface area contributed by atoms with Crippen LogP contribution in [-0.4, -0.2) is 43.9 Å². The first kappa shape index (κ1) is 34.1. The number of fused-ring (bicyclic) bond motifs is 1. The van der Waals surface area contributed by atoms with Crippen LogP contribution in [0, 0.1) is 0 Å². The molecule has 1 saturated heterocycles. The van der Waals surface area contributed by atoms with Gasteiger partial charge in [-0.05, 0) is 58.1 Å². The number of aliphatic hydroxyl groups excluding tert-OH is 1. The minimum Gasteiger partial charge on any atom is -0.478 e. The van der Waals surface area contributed by atoms with Gasteiger partial charge >= 0.3 is 5.97 Å². The van der Waals surface area contributed by atoms with E-state index in [1.54, 1.807) is 12.1 Å². The molecular formula is C41H35N3O6S. The molecule has 1 aliphatic heterocycles. The summed E-state index contributed by atoms with van der Waals surface area (Å²) in [4.78, 5) is 34.1. The summed E-state index contributed by atoms with van der Waals surface area (Å²) < 4.78 is 13.0. The molecule has 51 heavy (non-hydrogen) atoms. The Kier molecular flexibility index (Phi) is 10.5. The minimum absolute atomic E-state index is 0.0375. The SMILES string of the molecule is O=C(NCc1cccc(-c2ccc([C@@H]3O[C@H](CSc4ccccc4C(=O)O)C[C@H](c4ccc(CO)cc4)O3)cc2)c1)c1cnc2ccccc2n1. The number of carboxylic acids is 1. The fraction of sp³-hybridized carbons (Fsp3) is 0.171. The van der Waals surface area contributed by atoms with Crippen LogP contribution in [-0.2, 0) is 22.6 Å². The molecule has 0 bridgehead atoms. The highest BCUT2D eigenvalue weighted by Crippen LogP contribution is 2.40. The first-order valence-electron chi connectivity index (χ1n) is 16.6. The summed E-state index contributed by atoms with van der Waals surface area (Å²) in [5.41, 5.74) is 7.54. The summed E-state index contributed by atoms with van der Waals surface area (Å²) in [6.45, 7) is 0.296. The van der Waals surface area contributed by atoms with Crippen molar-refractivity contribution in [3.8, 4) is 11.1 Å². The number of aliphatic hydroxyl groups is 1. The van der Waals surface area contributed by atoms with E-state index >= 15 is 0 Å². The van der Waals surface area contributed by atoms with Crippen LogP contribution in [0.3, 0.4) is 0 Å². The molecule has 3 N–H and O–H groups in total. The first-order valence-corrected chi connectivity index (χ1v) is 17.6. The third kappa shape index (κ3) is 8.16. The fourth-order valence-corrected chi connectivity index (χ4v) is 7.07. The summed E-state index contributed by atoms with van der Waals surface area (Å²) in [5, 5.41) is 22.1. The third-order valence-electron chi connectivity index (χ3n) is 8.73. The van der Waals surface area contributed by atoms with E-state index in [1.807, 2.05) is 109 Å². The van der Waals surface area contributed by atoms with Gasteiger partial charge in [0.05, 0.1) is 41.6 Å². The summed E-state index contributed by atoms with van der Waals surface area (Å²) in [7, 11) is 0. The number of para-hydroxylation sites is 2. The number of amides is 1. The maximum absolute atomic E-state index is 12.9. The molecule has 7 rings (SSSR count). The highest BCUT2D eigenvalue weighted by molar-refractivity contribution is 7.99. The Balaban J connectivity index is 1.05. The monoisotopic (exact) mass is 697 g/mol. The van der Waals surface area contributed by atoms with Gasteiger partial charge in [0.1, 0.15) is 5.69 Å². The number of aromatic carboxylic acids is 1. The van der Waals surface area contributed by atoms with Crippen molar-refractivity contribution in [2.45, 2.75) is 43.0 Å². The number of carbonyl (C=O) groups excluding carboxylic acids is 1. The largest absolute Gasteiger partial charge is 0.478 e. The lowest BCUT2D eigenvalue weighted by molar-refractivity contribution is -0.245. The number of carbonyl (C=O) groups is 2. The van der Waals surface area contributed by atoms with Crippen molar-refractivity contribution in [1.29, 1.82) is 0 Å². The lowest BCUT2D eigenvalue weighted by Gasteiger charge is -2.36. The van der Waals surface area contributed by atoms with Gasteiger partial charge in [-0.25, -0.2) is 9.78 Å². The smallest absolute Gasteiger partial charge is 0.336 e. The molecule has 0 saturated carbocycles. The van der Waals surface area contributed by atoms with Crippen molar-refractivity contribution < 1.29 is 29.3 Å². The zero-order valence-electron chi connectivity index (χ0n) is 27.5. The normalized spacial score (nSPS) is 17.2. The van der Waals surface area contributed by atoms with Crippen LogP contribution >= 0.6 is 11.8 Å². The third-order valence-corrected chi connectivity index (χ3v) is 9.94. The Hall–Kier alpha value is -5.39. The zero-order valence-corrected chi connectivity index (χ0v) is 28.3. The number of ether oxygens (including phenoxy) is 2. The molecule has 5 aromatic carbocycles. The topological polar surface area (TPSA) is 131 Å². The van der Waals surface area contributed by atoms with Crippen molar-refractivity contribution in [3.05, 3.63) is 161 Å². The highest BCUT2D eigenvalue weighted by Gasteiger charge is 2.32. The van der Waals surface area contributed by atoms with Crippen molar-refractivity contribution in [2.24, 2.45) is 0 Å². The number of nitrogens with one attached hydrogen (secondary N) is 1. The minimum atomic E-state index is -0.961. The Morgan fingerprint density at radius 2 is 1.53 bits per heavy atom. The number of carboxylic acid groups (broad SMARTS) is 1. The van der Waals surface area contributed by atoms with E-state index in [2.05, 4.69) is 15.3 Å². The van der Waals surface area contributed by atoms with E-state index in [4.69, 9.17) is 9.47 Å². The van der Waals surface area contributed by atoms with Crippen LogP contribution in [0.1, 0.15) is 61.9 Å². The number of hydrogen-bond donors (Lipinski definition) is 3. The quantitative estimate of drug-likeness (QED) is 0.116. The van der Waals surface area contributed by atoms with Crippen LogP contribution in [0.5, 0.6) is 0 Å². The Bertz CT molecular complexity index is 2160. The Labute approximate surface area is 299 Å². The van der Waals surface area contributed by atoms with Crippen LogP contribution in [0.2, 0.25) is 0 Å². The van der Waals surface area contributed by atoms with Crippen LogP contribution in [0.25, 0.3) is 22.2 Å². The lowest BCUT2D eigenvalue weighted by atomic mass is 9.99. The first-order chi connectivity index (χ1) is 24.9. The van der Waals surface area contributed by atoms with Crippen molar-refractivity contribution in [3.63, 3.8) is 0 Å². The van der Waals surface area contributed by atoms with E-state index < -0.39 is 12.3 Å². The second-order valence-corrected chi connectivity index (χ2v) is 13.3. The van der Waals surface area contributed by atoms with Gasteiger partial charge in [0, 0.05) is 29.2 Å². The lowest BCUT2D eigenvalue weighted by Crippen LogP contribution is -2.31. The fourth-order valence-electron chi connectivity index (χ4n) is 6.01. The molecular weight excluding hydrogens is 663 g/mol. The summed E-state index contributed by atoms with van der Waals surface area (Å²) >= 11 is 1.46. The number of nitrogens with zero attached hydrogens (tertiary/aromatic N) is 2. The standard InChI is InChI=1S/C41H35N3O6S/c45-24-26-12-14-29(15-13-26)37-21-32(25-51-38-11-4-1-8-33(38)40(47)48)49-41(50-37)30-18-16-28(17-19-30)31-7-5-6-27(20-31)22-43-39(46)36-23-42-34-9-2-3-10-35(34)44-36/h1-20,23,32,37,41,45H,21-22,24-25H2,(H,43,46)(H,47,48)/t32-,37+,41+/m0/s1. The second kappa shape index (κ2) is 15.7. The molecule has 10 heteroatoms. The van der Waals surface area contributed by atoms with Gasteiger partial charge in [0.15, 0.2) is 6.29 Å². The molecule has 0 radical (unpaired) electrons. The predicted octanol–water partition coefficient (Wildman–Crippen LogP) is 7.76. The average Bonchev–Trinajstić information content (AvgIpc) is 3.19. The number of aromatic nitrogens is 2. The van der Waals surface area contributed by atoms with Crippen LogP contribution in [0.4, 0.5) is 0 Å². The molecule has 256 valence electrons. The number of thioether (sulfide) groups is 1. The molecule has 0 spiro atoms. The Morgan fingerprint density at radius 1 is 0.784 bits per heavy atom. The van der Waals surface area contributed by atoms with Crippen molar-refractivity contribution in [1.82, 2.24) is 15.3 Å². The van der Waals surface area contributed by atoms with E-state index in [9.17, 15) is 19.8 Å². The summed E-state index contributed by atoms with van der Waals surface area (Å²) in [6, 6.07) is 38.2. The van der Waals surface area contributed by atoms with Gasteiger partial charge in [-0.3, -0.25) is 9.78 Å². The maximum atomic E-state index is 12.9. The number of benzene rings is 5. The van der Waals surface area contributed by atoms with Crippen LogP contribution < -0.4 is 5.32 Å². The van der Waals surface area contributed by atoms with Gasteiger partial charge in [-0.1, -0.05) is 91.0 Å². The summed E-state index contributed by atoms with van der Waals surface area (Å²) in [6.07, 6.45) is 0.959. The van der Waals surface area contributed by atoms with Gasteiger partial charge < -0.3 is 25.0 Å². The molecule has 1 aliphatic rings. The molecule has 1 fully saturated rings. The van der Waals surface area contributed by atoms with E-state index in [0.717, 1.165) is 38.9 Å².